The summed E-state index contributed by atoms with van der Waals surface area (Å²) in [4.78, 5) is 38.8. The Bertz CT molecular complexity index is 835. The lowest BCUT2D eigenvalue weighted by Crippen LogP contribution is -2.19. The van der Waals surface area contributed by atoms with Gasteiger partial charge in [-0.05, 0) is 46.5 Å². The molecule has 0 saturated carbocycles. The molecule has 2 rings (SSSR count). The number of ketones is 1. The Morgan fingerprint density at radius 1 is 1.33 bits per heavy atom. The number of hydrogen-bond donors (Lipinski definition) is 0. The first kappa shape index (κ1) is 17.9. The maximum atomic E-state index is 12.3. The SMILES string of the molecule is CC1=C(Br)C(=O)C(C(C)C)=CC1=NC(=O)c1cccc([N+](=O)[O-])c1. The number of carbonyl (C=O) groups is 2. The molecule has 6 nitrogen and oxygen atoms in total. The van der Waals surface area contributed by atoms with E-state index < -0.39 is 10.8 Å². The van der Waals surface area contributed by atoms with Crippen LogP contribution in [0.3, 0.4) is 0 Å². The number of rotatable bonds is 3. The Morgan fingerprint density at radius 2 is 2.00 bits per heavy atom. The van der Waals surface area contributed by atoms with E-state index in [0.29, 0.717) is 21.3 Å². The van der Waals surface area contributed by atoms with Gasteiger partial charge in [-0.1, -0.05) is 19.9 Å². The molecular weight excluding hydrogens is 376 g/mol. The number of allylic oxidation sites excluding steroid dienone is 4. The molecule has 1 aliphatic carbocycles. The molecule has 124 valence electrons. The Balaban J connectivity index is 2.45. The standard InChI is InChI=1S/C17H15BrN2O4/c1-9(2)13-8-14(10(3)15(18)16(13)21)19-17(22)11-5-4-6-12(7-11)20(23)24/h4-9H,1-3H3. The van der Waals surface area contributed by atoms with Gasteiger partial charge in [0.15, 0.2) is 5.78 Å². The van der Waals surface area contributed by atoms with Crippen LogP contribution in [0.25, 0.3) is 0 Å². The second-order valence-corrected chi connectivity index (χ2v) is 6.43. The molecule has 0 unspecified atom stereocenters. The van der Waals surface area contributed by atoms with Gasteiger partial charge in [-0.3, -0.25) is 19.7 Å². The van der Waals surface area contributed by atoms with Crippen LogP contribution >= 0.6 is 15.9 Å². The molecule has 0 N–H and O–H groups in total. The van der Waals surface area contributed by atoms with Gasteiger partial charge in [0.1, 0.15) is 0 Å². The Morgan fingerprint density at radius 3 is 2.58 bits per heavy atom. The van der Waals surface area contributed by atoms with E-state index in [4.69, 9.17) is 0 Å². The third-order valence-electron chi connectivity index (χ3n) is 3.62. The number of carbonyl (C=O) groups excluding carboxylic acids is 2. The molecular formula is C17H15BrN2O4. The zero-order valence-corrected chi connectivity index (χ0v) is 15.0. The van der Waals surface area contributed by atoms with Gasteiger partial charge in [-0.25, -0.2) is 4.99 Å². The van der Waals surface area contributed by atoms with E-state index in [1.54, 1.807) is 13.0 Å². The van der Waals surface area contributed by atoms with Crippen LogP contribution in [-0.2, 0) is 4.79 Å². The number of nitro groups is 1. The van der Waals surface area contributed by atoms with Crippen LogP contribution in [0.15, 0.2) is 51.0 Å². The average molecular weight is 391 g/mol. The van der Waals surface area contributed by atoms with Crippen molar-refractivity contribution in [2.45, 2.75) is 20.8 Å². The van der Waals surface area contributed by atoms with Gasteiger partial charge < -0.3 is 0 Å². The van der Waals surface area contributed by atoms with Crippen molar-refractivity contribution in [2.24, 2.45) is 10.9 Å². The van der Waals surface area contributed by atoms with Crippen LogP contribution in [0, 0.1) is 16.0 Å². The number of benzene rings is 1. The highest BCUT2D eigenvalue weighted by molar-refractivity contribution is 9.12. The number of aliphatic imine (C=N–C) groups is 1. The number of nitrogens with zero attached hydrogens (tertiary/aromatic N) is 2. The topological polar surface area (TPSA) is 89.6 Å². The van der Waals surface area contributed by atoms with Gasteiger partial charge in [0, 0.05) is 23.3 Å². The lowest BCUT2D eigenvalue weighted by atomic mass is 9.90. The van der Waals surface area contributed by atoms with E-state index in [2.05, 4.69) is 20.9 Å². The van der Waals surface area contributed by atoms with Crippen LogP contribution in [0.4, 0.5) is 5.69 Å². The van der Waals surface area contributed by atoms with Crippen LogP contribution in [0.5, 0.6) is 0 Å². The fraction of sp³-hybridized carbons (Fsp3) is 0.235. The number of nitro benzene ring substituents is 1. The predicted octanol–water partition coefficient (Wildman–Crippen LogP) is 4.01. The fourth-order valence-electron chi connectivity index (χ4n) is 2.20. The summed E-state index contributed by atoms with van der Waals surface area (Å²) in [6.45, 7) is 5.45. The van der Waals surface area contributed by atoms with E-state index in [0.717, 1.165) is 0 Å². The fourth-order valence-corrected chi connectivity index (χ4v) is 2.63. The summed E-state index contributed by atoms with van der Waals surface area (Å²) in [6, 6.07) is 5.39. The summed E-state index contributed by atoms with van der Waals surface area (Å²) < 4.78 is 0.374. The summed E-state index contributed by atoms with van der Waals surface area (Å²) in [7, 11) is 0. The van der Waals surface area contributed by atoms with Crippen molar-refractivity contribution in [2.75, 3.05) is 0 Å². The molecule has 1 amide bonds. The van der Waals surface area contributed by atoms with Crippen LogP contribution in [-0.4, -0.2) is 22.3 Å². The zero-order valence-electron chi connectivity index (χ0n) is 13.4. The highest BCUT2D eigenvalue weighted by atomic mass is 79.9. The van der Waals surface area contributed by atoms with Gasteiger partial charge in [0.05, 0.1) is 15.1 Å². The van der Waals surface area contributed by atoms with Crippen LogP contribution < -0.4 is 0 Å². The Labute approximate surface area is 147 Å². The molecule has 24 heavy (non-hydrogen) atoms. The molecule has 0 atom stereocenters. The molecule has 0 heterocycles. The highest BCUT2D eigenvalue weighted by Gasteiger charge is 2.25. The second-order valence-electron chi connectivity index (χ2n) is 5.63. The summed E-state index contributed by atoms with van der Waals surface area (Å²) in [6.07, 6.45) is 1.60. The summed E-state index contributed by atoms with van der Waals surface area (Å²) >= 11 is 3.25. The molecule has 0 aliphatic heterocycles. The molecule has 0 aromatic heterocycles. The van der Waals surface area contributed by atoms with Crippen molar-refractivity contribution in [3.63, 3.8) is 0 Å². The van der Waals surface area contributed by atoms with Crippen LogP contribution in [0.2, 0.25) is 0 Å². The first-order valence-corrected chi connectivity index (χ1v) is 8.02. The van der Waals surface area contributed by atoms with Crippen molar-refractivity contribution in [3.05, 3.63) is 61.6 Å². The van der Waals surface area contributed by atoms with Gasteiger partial charge in [0.25, 0.3) is 11.6 Å². The van der Waals surface area contributed by atoms with Crippen LogP contribution in [0.1, 0.15) is 31.1 Å². The lowest BCUT2D eigenvalue weighted by Gasteiger charge is -2.18. The number of non-ortho nitro benzene ring substituents is 1. The predicted molar refractivity (Wildman–Crippen MR) is 94.4 cm³/mol. The lowest BCUT2D eigenvalue weighted by molar-refractivity contribution is -0.384. The third-order valence-corrected chi connectivity index (χ3v) is 4.57. The Kier molecular flexibility index (Phi) is 5.23. The summed E-state index contributed by atoms with van der Waals surface area (Å²) in [5.41, 5.74) is 1.44. The van der Waals surface area contributed by atoms with Crippen molar-refractivity contribution >= 4 is 39.0 Å². The highest BCUT2D eigenvalue weighted by Crippen LogP contribution is 2.28. The molecule has 0 fully saturated rings. The van der Waals surface area contributed by atoms with E-state index >= 15 is 0 Å². The van der Waals surface area contributed by atoms with Crippen molar-refractivity contribution < 1.29 is 14.5 Å². The monoisotopic (exact) mass is 390 g/mol. The number of amides is 1. The molecule has 0 saturated heterocycles. The third kappa shape index (κ3) is 3.56. The maximum absolute atomic E-state index is 12.3. The quantitative estimate of drug-likeness (QED) is 0.442. The summed E-state index contributed by atoms with van der Waals surface area (Å²) in [5, 5.41) is 10.8. The minimum absolute atomic E-state index is 0.0173. The molecule has 1 aliphatic rings. The average Bonchev–Trinajstić information content (AvgIpc) is 2.55. The maximum Gasteiger partial charge on any atom is 0.277 e. The second kappa shape index (κ2) is 7.00. The molecule has 1 aromatic rings. The summed E-state index contributed by atoms with van der Waals surface area (Å²) in [5.74, 6) is -0.734. The van der Waals surface area contributed by atoms with Crippen molar-refractivity contribution in [1.82, 2.24) is 0 Å². The largest absolute Gasteiger partial charge is 0.288 e. The van der Waals surface area contributed by atoms with Gasteiger partial charge in [-0.15, -0.1) is 0 Å². The molecule has 1 aromatic carbocycles. The van der Waals surface area contributed by atoms with Gasteiger partial charge in [-0.2, -0.15) is 0 Å². The molecule has 0 bridgehead atoms. The van der Waals surface area contributed by atoms with E-state index in [1.807, 2.05) is 13.8 Å². The van der Waals surface area contributed by atoms with Crippen molar-refractivity contribution in [1.29, 1.82) is 0 Å². The first-order valence-electron chi connectivity index (χ1n) is 7.23. The minimum atomic E-state index is -0.595. The Hall–Kier alpha value is -2.41. The first-order chi connectivity index (χ1) is 11.2. The molecule has 0 radical (unpaired) electrons. The number of Topliss-reactive ketones (excluding diaryl/α,β-unsaturated/α-hetero) is 1. The van der Waals surface area contributed by atoms with Gasteiger partial charge >= 0.3 is 0 Å². The van der Waals surface area contributed by atoms with E-state index in [1.165, 1.54) is 24.3 Å². The number of hydrogen-bond acceptors (Lipinski definition) is 4. The normalized spacial score (nSPS) is 16.6. The van der Waals surface area contributed by atoms with E-state index in [-0.39, 0.29) is 23.0 Å². The number of halogens is 1. The van der Waals surface area contributed by atoms with Gasteiger partial charge in [0.2, 0.25) is 0 Å². The molecule has 0 spiro atoms. The van der Waals surface area contributed by atoms with Crippen molar-refractivity contribution in [3.8, 4) is 0 Å². The zero-order chi connectivity index (χ0) is 18.0. The smallest absolute Gasteiger partial charge is 0.277 e. The minimum Gasteiger partial charge on any atom is -0.288 e. The molecule has 7 heteroatoms. The van der Waals surface area contributed by atoms with E-state index in [9.17, 15) is 19.7 Å².